The van der Waals surface area contributed by atoms with E-state index in [1.165, 1.54) is 24.9 Å². The van der Waals surface area contributed by atoms with Crippen LogP contribution in [0.3, 0.4) is 0 Å². The number of benzene rings is 1. The van der Waals surface area contributed by atoms with E-state index in [1.807, 2.05) is 4.90 Å². The van der Waals surface area contributed by atoms with Gasteiger partial charge in [-0.3, -0.25) is 4.79 Å². The Kier molecular flexibility index (Phi) is 4.53. The molecule has 2 aliphatic rings. The zero-order chi connectivity index (χ0) is 15.7. The first kappa shape index (κ1) is 15.5. The lowest BCUT2D eigenvalue weighted by Gasteiger charge is -2.33. The van der Waals surface area contributed by atoms with Crippen LogP contribution >= 0.6 is 0 Å². The van der Waals surface area contributed by atoms with E-state index in [2.05, 4.69) is 38.2 Å². The predicted molar refractivity (Wildman–Crippen MR) is 90.3 cm³/mol. The van der Waals surface area contributed by atoms with Gasteiger partial charge in [0.05, 0.1) is 0 Å². The van der Waals surface area contributed by atoms with Crippen LogP contribution in [0.1, 0.15) is 52.7 Å². The quantitative estimate of drug-likeness (QED) is 0.926. The molecule has 1 amide bonds. The van der Waals surface area contributed by atoms with Gasteiger partial charge in [-0.25, -0.2) is 0 Å². The number of piperidine rings is 1. The third-order valence-electron chi connectivity index (χ3n) is 5.07. The van der Waals surface area contributed by atoms with Crippen molar-refractivity contribution in [2.24, 2.45) is 5.92 Å². The van der Waals surface area contributed by atoms with Gasteiger partial charge in [-0.05, 0) is 70.0 Å². The summed E-state index contributed by atoms with van der Waals surface area (Å²) in [6, 6.07) is 4.83. The van der Waals surface area contributed by atoms with Gasteiger partial charge in [-0.1, -0.05) is 17.7 Å². The lowest BCUT2D eigenvalue weighted by atomic mass is 9.97. The number of hydrogen-bond donors (Lipinski definition) is 1. The standard InChI is InChI=1S/C19H28N2O/c1-13-10-14(2)18(15(3)11-13)19(22)21-8-6-17(7-9-21)20-12-16-4-5-16/h10-11,16-17,20H,4-9,12H2,1-3H3. The zero-order valence-electron chi connectivity index (χ0n) is 14.1. The molecule has 0 aromatic heterocycles. The molecule has 1 aliphatic carbocycles. The fourth-order valence-electron chi connectivity index (χ4n) is 3.62. The second kappa shape index (κ2) is 6.41. The van der Waals surface area contributed by atoms with Crippen LogP contribution in [0.4, 0.5) is 0 Å². The first-order chi connectivity index (χ1) is 10.5. The van der Waals surface area contributed by atoms with Crippen molar-refractivity contribution in [2.75, 3.05) is 19.6 Å². The Balaban J connectivity index is 1.59. The number of nitrogens with zero attached hydrogens (tertiary/aromatic N) is 1. The molecule has 22 heavy (non-hydrogen) atoms. The summed E-state index contributed by atoms with van der Waals surface area (Å²) in [5, 5.41) is 3.68. The summed E-state index contributed by atoms with van der Waals surface area (Å²) in [6.45, 7) is 9.14. The van der Waals surface area contributed by atoms with E-state index in [9.17, 15) is 4.79 Å². The van der Waals surface area contributed by atoms with E-state index < -0.39 is 0 Å². The molecule has 1 aromatic rings. The Morgan fingerprint density at radius 1 is 1.09 bits per heavy atom. The van der Waals surface area contributed by atoms with Crippen LogP contribution in [0.25, 0.3) is 0 Å². The summed E-state index contributed by atoms with van der Waals surface area (Å²) in [5.41, 5.74) is 4.36. The van der Waals surface area contributed by atoms with Gasteiger partial charge in [0.2, 0.25) is 0 Å². The third-order valence-corrected chi connectivity index (χ3v) is 5.07. The van der Waals surface area contributed by atoms with E-state index in [0.717, 1.165) is 48.5 Å². The minimum atomic E-state index is 0.218. The topological polar surface area (TPSA) is 32.3 Å². The Morgan fingerprint density at radius 3 is 2.23 bits per heavy atom. The molecule has 1 heterocycles. The Morgan fingerprint density at radius 2 is 1.68 bits per heavy atom. The molecule has 0 radical (unpaired) electrons. The van der Waals surface area contributed by atoms with Crippen molar-refractivity contribution in [3.05, 3.63) is 34.4 Å². The van der Waals surface area contributed by atoms with Crippen molar-refractivity contribution < 1.29 is 4.79 Å². The summed E-state index contributed by atoms with van der Waals surface area (Å²) in [4.78, 5) is 14.9. The molecule has 3 rings (SSSR count). The molecule has 1 saturated heterocycles. The Labute approximate surface area is 134 Å². The highest BCUT2D eigenvalue weighted by Gasteiger charge is 2.27. The first-order valence-corrected chi connectivity index (χ1v) is 8.65. The predicted octanol–water partition coefficient (Wildman–Crippen LogP) is 3.22. The second-order valence-electron chi connectivity index (χ2n) is 7.19. The lowest BCUT2D eigenvalue weighted by molar-refractivity contribution is 0.0703. The Bertz CT molecular complexity index is 532. The van der Waals surface area contributed by atoms with Gasteiger partial charge in [0, 0.05) is 24.7 Å². The highest BCUT2D eigenvalue weighted by atomic mass is 16.2. The molecule has 0 spiro atoms. The molecule has 1 aliphatic heterocycles. The minimum Gasteiger partial charge on any atom is -0.339 e. The summed E-state index contributed by atoms with van der Waals surface area (Å²) >= 11 is 0. The van der Waals surface area contributed by atoms with Gasteiger partial charge >= 0.3 is 0 Å². The van der Waals surface area contributed by atoms with Crippen LogP contribution in [0.15, 0.2) is 12.1 Å². The number of rotatable bonds is 4. The first-order valence-electron chi connectivity index (χ1n) is 8.65. The number of carbonyl (C=O) groups excluding carboxylic acids is 1. The van der Waals surface area contributed by atoms with E-state index in [-0.39, 0.29) is 5.91 Å². The molecule has 3 heteroatoms. The van der Waals surface area contributed by atoms with Crippen LogP contribution < -0.4 is 5.32 Å². The summed E-state index contributed by atoms with van der Waals surface area (Å²) < 4.78 is 0. The van der Waals surface area contributed by atoms with Crippen LogP contribution in [0, 0.1) is 26.7 Å². The second-order valence-corrected chi connectivity index (χ2v) is 7.19. The minimum absolute atomic E-state index is 0.218. The SMILES string of the molecule is Cc1cc(C)c(C(=O)N2CCC(NCC3CC3)CC2)c(C)c1. The number of hydrogen-bond acceptors (Lipinski definition) is 2. The normalized spacial score (nSPS) is 19.5. The van der Waals surface area contributed by atoms with Crippen molar-refractivity contribution in [3.8, 4) is 0 Å². The number of likely N-dealkylation sites (tertiary alicyclic amines) is 1. The molecule has 3 nitrogen and oxygen atoms in total. The summed E-state index contributed by atoms with van der Waals surface area (Å²) in [5.74, 6) is 1.15. The molecular weight excluding hydrogens is 272 g/mol. The number of nitrogens with one attached hydrogen (secondary N) is 1. The van der Waals surface area contributed by atoms with Gasteiger partial charge in [-0.15, -0.1) is 0 Å². The highest BCUT2D eigenvalue weighted by Crippen LogP contribution is 2.28. The van der Waals surface area contributed by atoms with E-state index >= 15 is 0 Å². The van der Waals surface area contributed by atoms with Crippen LogP contribution in [0.5, 0.6) is 0 Å². The molecule has 1 N–H and O–H groups in total. The van der Waals surface area contributed by atoms with Crippen molar-refractivity contribution >= 4 is 5.91 Å². The van der Waals surface area contributed by atoms with Gasteiger partial charge in [0.1, 0.15) is 0 Å². The smallest absolute Gasteiger partial charge is 0.254 e. The van der Waals surface area contributed by atoms with Crippen molar-refractivity contribution in [3.63, 3.8) is 0 Å². The molecule has 1 aromatic carbocycles. The third kappa shape index (κ3) is 3.52. The maximum absolute atomic E-state index is 12.8. The zero-order valence-corrected chi connectivity index (χ0v) is 14.1. The van der Waals surface area contributed by atoms with Crippen LogP contribution in [-0.4, -0.2) is 36.5 Å². The maximum Gasteiger partial charge on any atom is 0.254 e. The van der Waals surface area contributed by atoms with Crippen LogP contribution in [0.2, 0.25) is 0 Å². The number of amides is 1. The van der Waals surface area contributed by atoms with Crippen molar-refractivity contribution in [2.45, 2.75) is 52.5 Å². The molecular formula is C19H28N2O. The van der Waals surface area contributed by atoms with E-state index in [0.29, 0.717) is 6.04 Å². The van der Waals surface area contributed by atoms with Gasteiger partial charge in [0.15, 0.2) is 0 Å². The largest absolute Gasteiger partial charge is 0.339 e. The summed E-state index contributed by atoms with van der Waals surface area (Å²) in [7, 11) is 0. The van der Waals surface area contributed by atoms with Crippen molar-refractivity contribution in [1.82, 2.24) is 10.2 Å². The molecule has 1 saturated carbocycles. The van der Waals surface area contributed by atoms with Gasteiger partial charge < -0.3 is 10.2 Å². The molecule has 0 bridgehead atoms. The van der Waals surface area contributed by atoms with Gasteiger partial charge in [0.25, 0.3) is 5.91 Å². The fourth-order valence-corrected chi connectivity index (χ4v) is 3.62. The van der Waals surface area contributed by atoms with Crippen molar-refractivity contribution in [1.29, 1.82) is 0 Å². The average Bonchev–Trinajstić information content (AvgIpc) is 3.28. The number of aryl methyl sites for hydroxylation is 3. The van der Waals surface area contributed by atoms with E-state index in [1.54, 1.807) is 0 Å². The molecule has 0 unspecified atom stereocenters. The van der Waals surface area contributed by atoms with E-state index in [4.69, 9.17) is 0 Å². The maximum atomic E-state index is 12.8. The molecule has 120 valence electrons. The highest BCUT2D eigenvalue weighted by molar-refractivity contribution is 5.97. The molecule has 2 fully saturated rings. The molecule has 0 atom stereocenters. The van der Waals surface area contributed by atoms with Crippen LogP contribution in [-0.2, 0) is 0 Å². The van der Waals surface area contributed by atoms with Gasteiger partial charge in [-0.2, -0.15) is 0 Å². The fraction of sp³-hybridized carbons (Fsp3) is 0.632. The monoisotopic (exact) mass is 300 g/mol. The summed E-state index contributed by atoms with van der Waals surface area (Å²) in [6.07, 6.45) is 4.97. The average molecular weight is 300 g/mol. The lowest BCUT2D eigenvalue weighted by Crippen LogP contribution is -2.45. The Hall–Kier alpha value is -1.35. The number of carbonyl (C=O) groups is 1.